The number of nitriles is 1. The number of rotatable bonds is 14. The lowest BCUT2D eigenvalue weighted by molar-refractivity contribution is -0.127. The zero-order chi connectivity index (χ0) is 24.8. The Morgan fingerprint density at radius 3 is 2.36 bits per heavy atom. The van der Waals surface area contributed by atoms with Crippen molar-refractivity contribution in [1.82, 2.24) is 10.6 Å². The van der Waals surface area contributed by atoms with Gasteiger partial charge in [-0.1, -0.05) is 50.3 Å². The minimum absolute atomic E-state index is 0.0725. The van der Waals surface area contributed by atoms with Crippen LogP contribution in [0.3, 0.4) is 0 Å². The monoisotopic (exact) mass is 455 g/mol. The number of benzene rings is 1. The van der Waals surface area contributed by atoms with Crippen LogP contribution in [0.25, 0.3) is 0 Å². The Balaban J connectivity index is 2.61. The van der Waals surface area contributed by atoms with Crippen molar-refractivity contribution < 1.29 is 24.4 Å². The topological polar surface area (TPSA) is 140 Å². The predicted octanol–water partition coefficient (Wildman–Crippen LogP) is 1.93. The van der Waals surface area contributed by atoms with Gasteiger partial charge in [0.1, 0.15) is 11.6 Å². The van der Waals surface area contributed by atoms with Gasteiger partial charge in [0.25, 0.3) is 5.91 Å². The van der Waals surface area contributed by atoms with Crippen molar-refractivity contribution in [3.05, 3.63) is 47.5 Å². The Kier molecular flexibility index (Phi) is 12.7. The smallest absolute Gasteiger partial charge is 0.427 e. The number of Topliss-reactive ketones (excluding diaryl/α,β-unsaturated/α-hetero) is 1. The van der Waals surface area contributed by atoms with Crippen LogP contribution in [0.15, 0.2) is 42.0 Å². The summed E-state index contributed by atoms with van der Waals surface area (Å²) in [4.78, 5) is 36.5. The third-order valence-electron chi connectivity index (χ3n) is 5.06. The van der Waals surface area contributed by atoms with Gasteiger partial charge in [-0.25, -0.2) is 0 Å². The van der Waals surface area contributed by atoms with E-state index in [1.165, 1.54) is 6.92 Å². The van der Waals surface area contributed by atoms with E-state index < -0.39 is 24.9 Å². The van der Waals surface area contributed by atoms with Crippen LogP contribution in [0.1, 0.15) is 52.0 Å². The number of nitrogens with zero attached hydrogens (tertiary/aromatic N) is 1. The Hall–Kier alpha value is -2.96. The molecule has 8 nitrogen and oxygen atoms in total. The normalized spacial score (nSPS) is 13.1. The first kappa shape index (κ1) is 28.1. The van der Waals surface area contributed by atoms with Crippen molar-refractivity contribution in [2.75, 3.05) is 6.54 Å². The molecule has 178 valence electrons. The molecule has 0 saturated heterocycles. The van der Waals surface area contributed by atoms with Crippen LogP contribution in [0, 0.1) is 17.2 Å². The fraction of sp³-hybridized carbons (Fsp3) is 0.500. The molecular weight excluding hydrogens is 421 g/mol. The molecule has 0 spiro atoms. The van der Waals surface area contributed by atoms with Gasteiger partial charge < -0.3 is 20.7 Å². The molecule has 0 radical (unpaired) electrons. The summed E-state index contributed by atoms with van der Waals surface area (Å²) in [5, 5.41) is 33.9. The lowest BCUT2D eigenvalue weighted by Crippen LogP contribution is -2.41. The summed E-state index contributed by atoms with van der Waals surface area (Å²) < 4.78 is 0. The Labute approximate surface area is 196 Å². The number of ketones is 1. The number of hydrogen-bond acceptors (Lipinski definition) is 6. The van der Waals surface area contributed by atoms with Gasteiger partial charge in [0.2, 0.25) is 5.91 Å². The van der Waals surface area contributed by atoms with E-state index in [1.807, 2.05) is 50.2 Å². The molecule has 0 aliphatic heterocycles. The molecule has 2 atom stereocenters. The highest BCUT2D eigenvalue weighted by Crippen LogP contribution is 2.21. The highest BCUT2D eigenvalue weighted by atomic mass is 16.4. The predicted molar refractivity (Wildman–Crippen MR) is 127 cm³/mol. The maximum Gasteiger partial charge on any atom is 0.455 e. The van der Waals surface area contributed by atoms with Crippen molar-refractivity contribution in [1.29, 1.82) is 5.26 Å². The van der Waals surface area contributed by atoms with Crippen LogP contribution < -0.4 is 10.6 Å². The summed E-state index contributed by atoms with van der Waals surface area (Å²) in [7, 11) is -1.66. The van der Waals surface area contributed by atoms with E-state index in [-0.39, 0.29) is 29.6 Å². The number of amides is 2. The molecule has 33 heavy (non-hydrogen) atoms. The fourth-order valence-electron chi connectivity index (χ4n) is 3.43. The molecule has 1 aromatic rings. The maximum atomic E-state index is 12.8. The quantitative estimate of drug-likeness (QED) is 0.146. The molecule has 9 heteroatoms. The minimum atomic E-state index is -1.66. The van der Waals surface area contributed by atoms with E-state index in [0.717, 1.165) is 5.56 Å². The van der Waals surface area contributed by atoms with Gasteiger partial charge in [-0.05, 0) is 37.2 Å². The lowest BCUT2D eigenvalue weighted by Gasteiger charge is -2.21. The molecule has 0 bridgehead atoms. The number of carbonyl (C=O) groups excluding carboxylic acids is 3. The maximum absolute atomic E-state index is 12.8. The molecule has 0 aliphatic carbocycles. The van der Waals surface area contributed by atoms with E-state index in [1.54, 1.807) is 6.08 Å². The van der Waals surface area contributed by atoms with Gasteiger partial charge in [-0.15, -0.1) is 0 Å². The third kappa shape index (κ3) is 11.5. The Morgan fingerprint density at radius 1 is 1.15 bits per heavy atom. The van der Waals surface area contributed by atoms with E-state index in [0.29, 0.717) is 32.2 Å². The molecule has 1 rings (SSSR count). The summed E-state index contributed by atoms with van der Waals surface area (Å²) in [5.41, 5.74) is 0.960. The summed E-state index contributed by atoms with van der Waals surface area (Å²) in [6, 6.07) is 10.4. The fourth-order valence-corrected chi connectivity index (χ4v) is 3.43. The van der Waals surface area contributed by atoms with Gasteiger partial charge in [0.15, 0.2) is 5.78 Å². The first-order valence-corrected chi connectivity index (χ1v) is 11.2. The summed E-state index contributed by atoms with van der Waals surface area (Å²) in [6.45, 7) is 5.42. The van der Waals surface area contributed by atoms with Gasteiger partial charge >= 0.3 is 7.12 Å². The molecule has 0 unspecified atom stereocenters. The van der Waals surface area contributed by atoms with Crippen LogP contribution in [0.4, 0.5) is 0 Å². The standard InChI is InChI=1S/C24H34BN3O5/c1-17(2)13-20(16-26)24(31)27-12-8-7-11-22(28-18(3)29)23(30)15-21(25(32)33)14-19-9-5-4-6-10-19/h4-6,9-10,13,17,21-22,32-33H,7-8,11-12,14-15H2,1-3H3,(H,27,31)(H,28,29)/t21-,22+/m1/s1. The van der Waals surface area contributed by atoms with E-state index in [9.17, 15) is 24.4 Å². The van der Waals surface area contributed by atoms with Gasteiger partial charge in [-0.3, -0.25) is 14.4 Å². The number of unbranched alkanes of at least 4 members (excludes halogenated alkanes) is 1. The van der Waals surface area contributed by atoms with Crippen molar-refractivity contribution >= 4 is 24.7 Å². The van der Waals surface area contributed by atoms with Gasteiger partial charge in [0.05, 0.1) is 6.04 Å². The van der Waals surface area contributed by atoms with Crippen LogP contribution in [-0.4, -0.2) is 47.4 Å². The molecule has 0 saturated carbocycles. The zero-order valence-electron chi connectivity index (χ0n) is 19.6. The molecule has 2 amide bonds. The largest absolute Gasteiger partial charge is 0.455 e. The average Bonchev–Trinajstić information content (AvgIpc) is 2.75. The number of carbonyl (C=O) groups is 3. The van der Waals surface area contributed by atoms with Crippen LogP contribution in [0.2, 0.25) is 5.82 Å². The number of hydrogen-bond donors (Lipinski definition) is 4. The Morgan fingerprint density at radius 2 is 1.82 bits per heavy atom. The lowest BCUT2D eigenvalue weighted by atomic mass is 9.66. The molecule has 0 heterocycles. The summed E-state index contributed by atoms with van der Waals surface area (Å²) in [5.74, 6) is -1.65. The van der Waals surface area contributed by atoms with E-state index >= 15 is 0 Å². The minimum Gasteiger partial charge on any atom is -0.427 e. The molecule has 0 aliphatic rings. The second-order valence-corrected chi connectivity index (χ2v) is 8.47. The van der Waals surface area contributed by atoms with E-state index in [2.05, 4.69) is 10.6 Å². The second-order valence-electron chi connectivity index (χ2n) is 8.47. The second kappa shape index (κ2) is 15.0. The van der Waals surface area contributed by atoms with E-state index in [4.69, 9.17) is 5.26 Å². The SMILES string of the molecule is CC(=O)N[C@@H](CCCCNC(=O)C(C#N)=CC(C)C)C(=O)C[C@@H](Cc1ccccc1)B(O)O. The first-order chi connectivity index (χ1) is 15.6. The number of allylic oxidation sites excluding steroid dienone is 1. The highest BCUT2D eigenvalue weighted by molar-refractivity contribution is 6.43. The average molecular weight is 455 g/mol. The Bertz CT molecular complexity index is 849. The molecule has 1 aromatic carbocycles. The van der Waals surface area contributed by atoms with Crippen LogP contribution in [-0.2, 0) is 20.8 Å². The highest BCUT2D eigenvalue weighted by Gasteiger charge is 2.29. The third-order valence-corrected chi connectivity index (χ3v) is 5.06. The molecule has 0 fully saturated rings. The summed E-state index contributed by atoms with van der Waals surface area (Å²) >= 11 is 0. The molecule has 0 aromatic heterocycles. The van der Waals surface area contributed by atoms with Crippen molar-refractivity contribution in [2.24, 2.45) is 5.92 Å². The van der Waals surface area contributed by atoms with Gasteiger partial charge in [0, 0.05) is 25.7 Å². The molecule has 4 N–H and O–H groups in total. The zero-order valence-corrected chi connectivity index (χ0v) is 19.6. The van der Waals surface area contributed by atoms with Gasteiger partial charge in [-0.2, -0.15) is 5.26 Å². The van der Waals surface area contributed by atoms with Crippen LogP contribution in [0.5, 0.6) is 0 Å². The van der Waals surface area contributed by atoms with Crippen LogP contribution >= 0.6 is 0 Å². The molecular formula is C24H34BN3O5. The van der Waals surface area contributed by atoms with Crippen molar-refractivity contribution in [3.63, 3.8) is 0 Å². The first-order valence-electron chi connectivity index (χ1n) is 11.2. The van der Waals surface area contributed by atoms with Crippen molar-refractivity contribution in [3.8, 4) is 6.07 Å². The van der Waals surface area contributed by atoms with Crippen molar-refractivity contribution in [2.45, 2.75) is 64.7 Å². The number of nitrogens with one attached hydrogen (secondary N) is 2. The summed E-state index contributed by atoms with van der Waals surface area (Å²) in [6.07, 6.45) is 3.32.